The summed E-state index contributed by atoms with van der Waals surface area (Å²) in [5.41, 5.74) is 0. The Morgan fingerprint density at radius 2 is 1.73 bits per heavy atom. The van der Waals surface area contributed by atoms with Gasteiger partial charge in [0.1, 0.15) is 0 Å². The Bertz CT molecular complexity index is 247. The molecule has 0 unspecified atom stereocenters. The second kappa shape index (κ2) is 10.3. The maximum Gasteiger partial charge on any atom is 0.456 e. The second-order valence-corrected chi connectivity index (χ2v) is 1.85. The molecule has 0 saturated heterocycles. The SMILES string of the molecule is CC#N.N#COS(=O)(=O)O.[K]. The summed E-state index contributed by atoms with van der Waals surface area (Å²) in [5, 5.41) is 14.7. The van der Waals surface area contributed by atoms with Crippen LogP contribution in [0.5, 0.6) is 0 Å². The quantitative estimate of drug-likeness (QED) is 0.347. The van der Waals surface area contributed by atoms with Gasteiger partial charge < -0.3 is 0 Å². The maximum atomic E-state index is 9.34. The van der Waals surface area contributed by atoms with Crippen LogP contribution in [0, 0.1) is 22.8 Å². The number of hydrogen-bond donors (Lipinski definition) is 1. The second-order valence-electron chi connectivity index (χ2n) is 0.826. The third-order valence-electron chi connectivity index (χ3n) is 0.143. The maximum absolute atomic E-state index is 9.34. The summed E-state index contributed by atoms with van der Waals surface area (Å²) in [4.78, 5) is 0. The zero-order valence-electron chi connectivity index (χ0n) is 5.97. The van der Waals surface area contributed by atoms with Gasteiger partial charge in [-0.2, -0.15) is 13.7 Å². The van der Waals surface area contributed by atoms with E-state index >= 15 is 0 Å². The van der Waals surface area contributed by atoms with Crippen molar-refractivity contribution in [1.82, 2.24) is 0 Å². The average Bonchev–Trinajstić information content (AvgIpc) is 1.63. The van der Waals surface area contributed by atoms with Crippen molar-refractivity contribution in [2.24, 2.45) is 0 Å². The summed E-state index contributed by atoms with van der Waals surface area (Å²) in [6.45, 7) is 1.43. The van der Waals surface area contributed by atoms with Crippen LogP contribution in [0.1, 0.15) is 6.92 Å². The van der Waals surface area contributed by atoms with Gasteiger partial charge in [-0.25, -0.2) is 0 Å². The third kappa shape index (κ3) is 38.2. The first-order valence-corrected chi connectivity index (χ1v) is 3.20. The monoisotopic (exact) mass is 203 g/mol. The van der Waals surface area contributed by atoms with Gasteiger partial charge in [-0.15, -0.1) is 5.26 Å². The number of nitriles is 2. The molecule has 8 heteroatoms. The summed E-state index contributed by atoms with van der Waals surface area (Å²) in [7, 11) is -4.54. The minimum atomic E-state index is -4.54. The predicted molar refractivity (Wildman–Crippen MR) is 35.3 cm³/mol. The Hall–Kier alpha value is 0.326. The summed E-state index contributed by atoms with van der Waals surface area (Å²) in [6.07, 6.45) is 0.770. The van der Waals surface area contributed by atoms with Crippen LogP contribution in [-0.2, 0) is 14.6 Å². The van der Waals surface area contributed by atoms with Gasteiger partial charge >= 0.3 is 16.7 Å². The van der Waals surface area contributed by atoms with Crippen molar-refractivity contribution in [3.63, 3.8) is 0 Å². The van der Waals surface area contributed by atoms with Crippen molar-refractivity contribution in [2.45, 2.75) is 6.92 Å². The van der Waals surface area contributed by atoms with E-state index in [9.17, 15) is 8.42 Å². The third-order valence-corrected chi connectivity index (χ3v) is 0.428. The standard InChI is InChI=1S/C2H3N.CHNO4S.K/c1-2-3;2-1-6-7(3,4)5;/h1H3;(H,3,4,5);. The van der Waals surface area contributed by atoms with E-state index in [1.165, 1.54) is 6.92 Å². The van der Waals surface area contributed by atoms with Gasteiger partial charge in [0.15, 0.2) is 0 Å². The van der Waals surface area contributed by atoms with Crippen molar-refractivity contribution in [3.8, 4) is 12.3 Å². The molecule has 0 aliphatic heterocycles. The molecule has 0 amide bonds. The van der Waals surface area contributed by atoms with Gasteiger partial charge in [0.2, 0.25) is 0 Å². The molecule has 0 rings (SSSR count). The van der Waals surface area contributed by atoms with E-state index in [0.717, 1.165) is 6.26 Å². The molecule has 11 heavy (non-hydrogen) atoms. The van der Waals surface area contributed by atoms with Crippen LogP contribution in [0.3, 0.4) is 0 Å². The fraction of sp³-hybridized carbons (Fsp3) is 0.333. The molecule has 0 atom stereocenters. The normalized spacial score (nSPS) is 6.91. The molecule has 0 aromatic carbocycles. The van der Waals surface area contributed by atoms with E-state index in [2.05, 4.69) is 4.18 Å². The summed E-state index contributed by atoms with van der Waals surface area (Å²) >= 11 is 0. The van der Waals surface area contributed by atoms with Crippen LogP contribution in [0.15, 0.2) is 0 Å². The molecular formula is C3H4KN2O4S. The molecule has 0 heterocycles. The van der Waals surface area contributed by atoms with Crippen molar-refractivity contribution >= 4 is 61.8 Å². The van der Waals surface area contributed by atoms with Crippen molar-refractivity contribution in [2.75, 3.05) is 0 Å². The molecule has 0 aliphatic carbocycles. The van der Waals surface area contributed by atoms with E-state index < -0.39 is 10.4 Å². The first kappa shape index (κ1) is 17.4. The Kier molecular flexibility index (Phi) is 16.4. The Labute approximate surface area is 107 Å². The molecular weight excluding hydrogens is 199 g/mol. The van der Waals surface area contributed by atoms with Gasteiger partial charge in [-0.1, -0.05) is 0 Å². The van der Waals surface area contributed by atoms with Crippen molar-refractivity contribution in [3.05, 3.63) is 0 Å². The molecule has 1 radical (unpaired) electrons. The molecule has 0 aromatic rings. The number of rotatable bonds is 1. The molecule has 57 valence electrons. The van der Waals surface area contributed by atoms with Crippen molar-refractivity contribution in [1.29, 1.82) is 10.5 Å². The fourth-order valence-electron chi connectivity index (χ4n) is 0.0471. The van der Waals surface area contributed by atoms with Crippen LogP contribution in [0.2, 0.25) is 0 Å². The molecule has 0 aromatic heterocycles. The Morgan fingerprint density at radius 1 is 1.45 bits per heavy atom. The Morgan fingerprint density at radius 3 is 1.73 bits per heavy atom. The first-order chi connectivity index (χ1) is 4.47. The first-order valence-electron chi connectivity index (χ1n) is 1.83. The van der Waals surface area contributed by atoms with E-state index in [-0.39, 0.29) is 51.4 Å². The topological polar surface area (TPSA) is 111 Å². The molecule has 0 fully saturated rings. The molecule has 0 spiro atoms. The zero-order chi connectivity index (χ0) is 8.62. The molecule has 1 N–H and O–H groups in total. The molecule has 6 nitrogen and oxygen atoms in total. The number of nitrogens with zero attached hydrogens (tertiary/aromatic N) is 2. The van der Waals surface area contributed by atoms with Crippen LogP contribution in [0.25, 0.3) is 0 Å². The van der Waals surface area contributed by atoms with Crippen LogP contribution >= 0.6 is 0 Å². The molecule has 0 saturated carbocycles. The van der Waals surface area contributed by atoms with Crippen LogP contribution < -0.4 is 0 Å². The van der Waals surface area contributed by atoms with Gasteiger partial charge in [0.05, 0.1) is 6.07 Å². The van der Waals surface area contributed by atoms with Gasteiger partial charge in [0, 0.05) is 58.3 Å². The van der Waals surface area contributed by atoms with Crippen LogP contribution in [0.4, 0.5) is 0 Å². The van der Waals surface area contributed by atoms with Gasteiger partial charge in [-0.3, -0.25) is 8.74 Å². The zero-order valence-corrected chi connectivity index (χ0v) is 9.91. The van der Waals surface area contributed by atoms with E-state index in [1.807, 2.05) is 0 Å². The molecule has 0 aliphatic rings. The molecule has 0 bridgehead atoms. The van der Waals surface area contributed by atoms with Gasteiger partial charge in [0.25, 0.3) is 0 Å². The van der Waals surface area contributed by atoms with Gasteiger partial charge in [-0.05, 0) is 0 Å². The summed E-state index contributed by atoms with van der Waals surface area (Å²) < 4.78 is 29.3. The minimum absolute atomic E-state index is 0. The largest absolute Gasteiger partial charge is 0.456 e. The van der Waals surface area contributed by atoms with E-state index in [0.29, 0.717) is 0 Å². The van der Waals surface area contributed by atoms with E-state index in [4.69, 9.17) is 15.1 Å². The number of hydrogen-bond acceptors (Lipinski definition) is 5. The van der Waals surface area contributed by atoms with Crippen molar-refractivity contribution < 1.29 is 17.2 Å². The Balaban J connectivity index is -0.000000140. The minimum Gasteiger partial charge on any atom is -0.281 e. The average molecular weight is 203 g/mol. The summed E-state index contributed by atoms with van der Waals surface area (Å²) in [6, 6.07) is 1.75. The smallest absolute Gasteiger partial charge is 0.281 e. The fourth-order valence-corrected chi connectivity index (χ4v) is 0.141. The van der Waals surface area contributed by atoms with E-state index in [1.54, 1.807) is 6.07 Å². The van der Waals surface area contributed by atoms with Crippen LogP contribution in [-0.4, -0.2) is 64.4 Å². The summed E-state index contributed by atoms with van der Waals surface area (Å²) in [5.74, 6) is 0. The predicted octanol–water partition coefficient (Wildman–Crippen LogP) is -0.564.